The average molecular weight is 251 g/mol. The Labute approximate surface area is 108 Å². The van der Waals surface area contributed by atoms with Crippen LogP contribution in [0.5, 0.6) is 11.5 Å². The van der Waals surface area contributed by atoms with Gasteiger partial charge in [-0.15, -0.1) is 0 Å². The molecule has 1 aliphatic heterocycles. The second-order valence-corrected chi connectivity index (χ2v) is 4.60. The molecule has 1 aromatic carbocycles. The van der Waals surface area contributed by atoms with Gasteiger partial charge in [-0.3, -0.25) is 4.90 Å². The third-order valence-corrected chi connectivity index (χ3v) is 3.18. The minimum absolute atomic E-state index is 0.172. The van der Waals surface area contributed by atoms with E-state index >= 15 is 0 Å². The molecule has 18 heavy (non-hydrogen) atoms. The summed E-state index contributed by atoms with van der Waals surface area (Å²) in [6, 6.07) is 6.01. The van der Waals surface area contributed by atoms with E-state index in [9.17, 15) is 5.11 Å². The van der Waals surface area contributed by atoms with Gasteiger partial charge in [0.25, 0.3) is 0 Å². The molecule has 0 unspecified atom stereocenters. The van der Waals surface area contributed by atoms with Crippen LogP contribution < -0.4 is 9.47 Å². The van der Waals surface area contributed by atoms with Crippen LogP contribution in [0, 0.1) is 0 Å². The zero-order valence-corrected chi connectivity index (χ0v) is 11.1. The first-order valence-corrected chi connectivity index (χ1v) is 6.43. The van der Waals surface area contributed by atoms with Gasteiger partial charge in [0.15, 0.2) is 11.5 Å². The number of ether oxygens (including phenoxy) is 2. The van der Waals surface area contributed by atoms with Gasteiger partial charge >= 0.3 is 0 Å². The van der Waals surface area contributed by atoms with E-state index < -0.39 is 0 Å². The highest BCUT2D eigenvalue weighted by Crippen LogP contribution is 2.28. The van der Waals surface area contributed by atoms with Crippen molar-refractivity contribution in [3.05, 3.63) is 23.8 Å². The van der Waals surface area contributed by atoms with Crippen molar-refractivity contribution >= 4 is 0 Å². The van der Waals surface area contributed by atoms with Crippen LogP contribution in [-0.2, 0) is 6.54 Å². The van der Waals surface area contributed by atoms with Crippen LogP contribution in [0.4, 0.5) is 0 Å². The van der Waals surface area contributed by atoms with Gasteiger partial charge < -0.3 is 14.6 Å². The number of benzene rings is 1. The Bertz CT molecular complexity index is 395. The van der Waals surface area contributed by atoms with Crippen molar-refractivity contribution in [2.45, 2.75) is 26.0 Å². The topological polar surface area (TPSA) is 41.9 Å². The van der Waals surface area contributed by atoms with Gasteiger partial charge in [-0.25, -0.2) is 0 Å². The van der Waals surface area contributed by atoms with Crippen molar-refractivity contribution in [3.63, 3.8) is 0 Å². The van der Waals surface area contributed by atoms with Crippen molar-refractivity contribution in [2.24, 2.45) is 0 Å². The summed E-state index contributed by atoms with van der Waals surface area (Å²) in [5.41, 5.74) is 1.19. The minimum atomic E-state index is -0.172. The SMILES string of the molecule is CCOc1cc(CN2CC[C@@H](O)C2)ccc1OC. The van der Waals surface area contributed by atoms with Gasteiger partial charge in [0.2, 0.25) is 0 Å². The Morgan fingerprint density at radius 3 is 2.83 bits per heavy atom. The molecular formula is C14H21NO3. The summed E-state index contributed by atoms with van der Waals surface area (Å²) < 4.78 is 10.8. The summed E-state index contributed by atoms with van der Waals surface area (Å²) in [6.45, 7) is 5.15. The minimum Gasteiger partial charge on any atom is -0.493 e. The molecule has 0 spiro atoms. The van der Waals surface area contributed by atoms with Crippen molar-refractivity contribution in [1.29, 1.82) is 0 Å². The zero-order chi connectivity index (χ0) is 13.0. The molecule has 100 valence electrons. The fraction of sp³-hybridized carbons (Fsp3) is 0.571. The molecular weight excluding hydrogens is 230 g/mol. The first-order valence-electron chi connectivity index (χ1n) is 6.43. The summed E-state index contributed by atoms with van der Waals surface area (Å²) in [4.78, 5) is 2.25. The van der Waals surface area contributed by atoms with Crippen LogP contribution in [-0.4, -0.2) is 42.9 Å². The largest absolute Gasteiger partial charge is 0.493 e. The highest BCUT2D eigenvalue weighted by atomic mass is 16.5. The second kappa shape index (κ2) is 6.07. The maximum absolute atomic E-state index is 9.51. The molecule has 0 radical (unpaired) electrons. The third-order valence-electron chi connectivity index (χ3n) is 3.18. The number of aliphatic hydroxyl groups excluding tert-OH is 1. The molecule has 4 nitrogen and oxygen atoms in total. The van der Waals surface area contributed by atoms with E-state index in [-0.39, 0.29) is 6.10 Å². The van der Waals surface area contributed by atoms with Crippen LogP contribution >= 0.6 is 0 Å². The fourth-order valence-corrected chi connectivity index (χ4v) is 2.30. The molecule has 1 saturated heterocycles. The molecule has 1 heterocycles. The molecule has 1 N–H and O–H groups in total. The van der Waals surface area contributed by atoms with E-state index in [1.165, 1.54) is 5.56 Å². The van der Waals surface area contributed by atoms with Crippen LogP contribution in [0.2, 0.25) is 0 Å². The number of hydrogen-bond acceptors (Lipinski definition) is 4. The standard InChI is InChI=1S/C14H21NO3/c1-3-18-14-8-11(4-5-13(14)17-2)9-15-7-6-12(16)10-15/h4-5,8,12,16H,3,6-7,9-10H2,1-2H3/t12-/m1/s1. The Kier molecular flexibility index (Phi) is 4.44. The lowest BCUT2D eigenvalue weighted by molar-refractivity contribution is 0.174. The first-order chi connectivity index (χ1) is 8.72. The molecule has 1 atom stereocenters. The first kappa shape index (κ1) is 13.2. The maximum atomic E-state index is 9.51. The molecule has 2 rings (SSSR count). The van der Waals surface area contributed by atoms with Gasteiger partial charge in [0.1, 0.15) is 0 Å². The summed E-state index contributed by atoms with van der Waals surface area (Å²) in [6.07, 6.45) is 0.698. The Balaban J connectivity index is 2.06. The van der Waals surface area contributed by atoms with Crippen molar-refractivity contribution < 1.29 is 14.6 Å². The Morgan fingerprint density at radius 2 is 2.22 bits per heavy atom. The third kappa shape index (κ3) is 3.15. The molecule has 0 aromatic heterocycles. The molecule has 1 aromatic rings. The smallest absolute Gasteiger partial charge is 0.161 e. The zero-order valence-electron chi connectivity index (χ0n) is 11.1. The van der Waals surface area contributed by atoms with Crippen molar-refractivity contribution in [1.82, 2.24) is 4.90 Å². The quantitative estimate of drug-likeness (QED) is 0.864. The molecule has 1 fully saturated rings. The van der Waals surface area contributed by atoms with Gasteiger partial charge in [-0.1, -0.05) is 6.07 Å². The van der Waals surface area contributed by atoms with E-state index in [0.717, 1.165) is 37.6 Å². The van der Waals surface area contributed by atoms with E-state index in [1.54, 1.807) is 7.11 Å². The lowest BCUT2D eigenvalue weighted by Gasteiger charge is -2.16. The number of nitrogens with zero attached hydrogens (tertiary/aromatic N) is 1. The molecule has 0 aliphatic carbocycles. The number of methoxy groups -OCH3 is 1. The number of rotatable bonds is 5. The molecule has 0 saturated carbocycles. The Morgan fingerprint density at radius 1 is 1.39 bits per heavy atom. The van der Waals surface area contributed by atoms with Gasteiger partial charge in [-0.2, -0.15) is 0 Å². The predicted octanol–water partition coefficient (Wildman–Crippen LogP) is 1.66. The second-order valence-electron chi connectivity index (χ2n) is 4.60. The summed E-state index contributed by atoms with van der Waals surface area (Å²) in [5.74, 6) is 1.55. The van der Waals surface area contributed by atoms with Gasteiger partial charge in [0, 0.05) is 19.6 Å². The van der Waals surface area contributed by atoms with Crippen molar-refractivity contribution in [2.75, 3.05) is 26.8 Å². The highest BCUT2D eigenvalue weighted by molar-refractivity contribution is 5.42. The van der Waals surface area contributed by atoms with E-state index in [4.69, 9.17) is 9.47 Å². The molecule has 0 bridgehead atoms. The molecule has 1 aliphatic rings. The maximum Gasteiger partial charge on any atom is 0.161 e. The van der Waals surface area contributed by atoms with Gasteiger partial charge in [0.05, 0.1) is 19.8 Å². The average Bonchev–Trinajstić information content (AvgIpc) is 2.76. The Hall–Kier alpha value is -1.26. The van der Waals surface area contributed by atoms with E-state index in [1.807, 2.05) is 25.1 Å². The molecule has 0 amide bonds. The van der Waals surface area contributed by atoms with Crippen LogP contribution in [0.3, 0.4) is 0 Å². The van der Waals surface area contributed by atoms with Gasteiger partial charge in [-0.05, 0) is 31.0 Å². The number of aliphatic hydroxyl groups is 1. The molecule has 4 heteroatoms. The van der Waals surface area contributed by atoms with Crippen LogP contribution in [0.1, 0.15) is 18.9 Å². The van der Waals surface area contributed by atoms with Crippen LogP contribution in [0.25, 0.3) is 0 Å². The van der Waals surface area contributed by atoms with Crippen LogP contribution in [0.15, 0.2) is 18.2 Å². The van der Waals surface area contributed by atoms with E-state index in [2.05, 4.69) is 4.90 Å². The number of likely N-dealkylation sites (tertiary alicyclic amines) is 1. The lowest BCUT2D eigenvalue weighted by atomic mass is 10.2. The normalized spacial score (nSPS) is 20.1. The van der Waals surface area contributed by atoms with E-state index in [0.29, 0.717) is 6.61 Å². The van der Waals surface area contributed by atoms with Crippen molar-refractivity contribution in [3.8, 4) is 11.5 Å². The summed E-state index contributed by atoms with van der Waals surface area (Å²) in [7, 11) is 1.65. The highest BCUT2D eigenvalue weighted by Gasteiger charge is 2.20. The number of hydrogen-bond donors (Lipinski definition) is 1. The fourth-order valence-electron chi connectivity index (χ4n) is 2.30. The predicted molar refractivity (Wildman–Crippen MR) is 70.1 cm³/mol. The lowest BCUT2D eigenvalue weighted by Crippen LogP contribution is -2.21. The monoisotopic (exact) mass is 251 g/mol. The summed E-state index contributed by atoms with van der Waals surface area (Å²) in [5, 5.41) is 9.51. The summed E-state index contributed by atoms with van der Waals surface area (Å²) >= 11 is 0. The number of β-amino-alcohol motifs (C(OH)–C–C–N with tert-alkyl or cyclic N) is 1.